The van der Waals surface area contributed by atoms with Gasteiger partial charge in [-0.15, -0.1) is 12.4 Å². The van der Waals surface area contributed by atoms with Gasteiger partial charge in [-0.05, 0) is 12.1 Å². The van der Waals surface area contributed by atoms with Gasteiger partial charge < -0.3 is 16.4 Å². The van der Waals surface area contributed by atoms with Gasteiger partial charge in [0.15, 0.2) is 0 Å². The lowest BCUT2D eigenvalue weighted by Crippen LogP contribution is -2.36. The molecule has 2 amide bonds. The second-order valence-electron chi connectivity index (χ2n) is 4.56. The Morgan fingerprint density at radius 3 is 2.45 bits per heavy atom. The van der Waals surface area contributed by atoms with E-state index in [1.54, 1.807) is 12.1 Å². The number of nitrogens with one attached hydrogen (secondary N) is 2. The van der Waals surface area contributed by atoms with Gasteiger partial charge in [0.25, 0.3) is 0 Å². The van der Waals surface area contributed by atoms with Crippen molar-refractivity contribution in [3.63, 3.8) is 0 Å². The average molecular weight is 301 g/mol. The van der Waals surface area contributed by atoms with E-state index >= 15 is 0 Å². The van der Waals surface area contributed by atoms with E-state index in [1.807, 2.05) is 13.8 Å². The lowest BCUT2D eigenvalue weighted by molar-refractivity contribution is -0.124. The van der Waals surface area contributed by atoms with E-state index in [4.69, 9.17) is 5.73 Å². The first-order valence-electron chi connectivity index (χ1n) is 6.24. The maximum atomic E-state index is 11.6. The summed E-state index contributed by atoms with van der Waals surface area (Å²) in [5.41, 5.74) is 6.74. The Labute approximate surface area is 124 Å². The van der Waals surface area contributed by atoms with Gasteiger partial charge >= 0.3 is 0 Å². The summed E-state index contributed by atoms with van der Waals surface area (Å²) in [6.45, 7) is 4.48. The summed E-state index contributed by atoms with van der Waals surface area (Å²) in [7, 11) is 0. The highest BCUT2D eigenvalue weighted by atomic mass is 35.5. The smallest absolute Gasteiger partial charge is 0.226 e. The standard InChI is InChI=1S/C13H20N4O2.ClH/c1-9(2)13(19)16-6-5-15-12(18)7-11-4-3-10(14)8-17-11;/h3-4,8-9H,5-7,14H2,1-2H3,(H,15,18)(H,16,19);1H. The third-order valence-electron chi connectivity index (χ3n) is 2.46. The quantitative estimate of drug-likeness (QED) is 0.667. The maximum absolute atomic E-state index is 11.6. The summed E-state index contributed by atoms with van der Waals surface area (Å²) in [4.78, 5) is 26.9. The number of aromatic nitrogens is 1. The highest BCUT2D eigenvalue weighted by Crippen LogP contribution is 2.01. The van der Waals surface area contributed by atoms with Gasteiger partial charge in [-0.1, -0.05) is 13.8 Å². The second-order valence-corrected chi connectivity index (χ2v) is 4.56. The van der Waals surface area contributed by atoms with Crippen LogP contribution in [0, 0.1) is 5.92 Å². The topological polar surface area (TPSA) is 97.1 Å². The molecule has 1 heterocycles. The molecule has 0 fully saturated rings. The molecule has 0 aliphatic carbocycles. The second kappa shape index (κ2) is 9.14. The van der Waals surface area contributed by atoms with Crippen molar-refractivity contribution in [3.8, 4) is 0 Å². The summed E-state index contributed by atoms with van der Waals surface area (Å²) >= 11 is 0. The van der Waals surface area contributed by atoms with Crippen LogP contribution in [0.1, 0.15) is 19.5 Å². The highest BCUT2D eigenvalue weighted by Gasteiger charge is 2.06. The van der Waals surface area contributed by atoms with Crippen molar-refractivity contribution in [2.45, 2.75) is 20.3 Å². The Hall–Kier alpha value is -1.82. The van der Waals surface area contributed by atoms with Crippen molar-refractivity contribution >= 4 is 29.9 Å². The Morgan fingerprint density at radius 2 is 1.90 bits per heavy atom. The molecule has 4 N–H and O–H groups in total. The Morgan fingerprint density at radius 1 is 1.25 bits per heavy atom. The Kier molecular flexibility index (Phi) is 8.31. The molecule has 0 spiro atoms. The molecule has 6 nitrogen and oxygen atoms in total. The zero-order valence-corrected chi connectivity index (χ0v) is 12.5. The number of nitrogens with two attached hydrogens (primary N) is 1. The van der Waals surface area contributed by atoms with Crippen LogP contribution in [0.25, 0.3) is 0 Å². The summed E-state index contributed by atoms with van der Waals surface area (Å²) < 4.78 is 0. The van der Waals surface area contributed by atoms with Crippen LogP contribution in [-0.2, 0) is 16.0 Å². The van der Waals surface area contributed by atoms with E-state index in [0.29, 0.717) is 24.5 Å². The predicted molar refractivity (Wildman–Crippen MR) is 80.5 cm³/mol. The molecular weight excluding hydrogens is 280 g/mol. The molecule has 112 valence electrons. The van der Waals surface area contributed by atoms with Gasteiger partial charge in [0, 0.05) is 24.7 Å². The van der Waals surface area contributed by atoms with E-state index in [-0.39, 0.29) is 36.6 Å². The molecule has 7 heteroatoms. The molecule has 1 aromatic heterocycles. The normalized spacial score (nSPS) is 9.75. The van der Waals surface area contributed by atoms with Crippen LogP contribution < -0.4 is 16.4 Å². The zero-order valence-electron chi connectivity index (χ0n) is 11.7. The van der Waals surface area contributed by atoms with Crippen LogP contribution in [0.2, 0.25) is 0 Å². The molecular formula is C13H21ClN4O2. The minimum absolute atomic E-state index is 0. The van der Waals surface area contributed by atoms with Gasteiger partial charge in [0.2, 0.25) is 11.8 Å². The number of hydrogen-bond donors (Lipinski definition) is 3. The fourth-order valence-corrected chi connectivity index (χ4v) is 1.36. The molecule has 0 unspecified atom stereocenters. The molecule has 0 radical (unpaired) electrons. The average Bonchev–Trinajstić information content (AvgIpc) is 2.37. The van der Waals surface area contributed by atoms with Crippen molar-refractivity contribution in [2.24, 2.45) is 5.92 Å². The molecule has 0 aliphatic rings. The van der Waals surface area contributed by atoms with Crippen LogP contribution in [0.5, 0.6) is 0 Å². The van der Waals surface area contributed by atoms with E-state index in [0.717, 1.165) is 0 Å². The van der Waals surface area contributed by atoms with Crippen LogP contribution >= 0.6 is 12.4 Å². The molecule has 0 saturated heterocycles. The number of nitrogens with zero attached hydrogens (tertiary/aromatic N) is 1. The first-order chi connectivity index (χ1) is 8.99. The number of hydrogen-bond acceptors (Lipinski definition) is 4. The molecule has 1 aromatic rings. The lowest BCUT2D eigenvalue weighted by atomic mass is 10.2. The molecule has 0 bridgehead atoms. The van der Waals surface area contributed by atoms with Gasteiger partial charge in [0.05, 0.1) is 18.3 Å². The predicted octanol–water partition coefficient (Wildman–Crippen LogP) is 0.516. The zero-order chi connectivity index (χ0) is 14.3. The molecule has 0 saturated carbocycles. The monoisotopic (exact) mass is 300 g/mol. The first-order valence-corrected chi connectivity index (χ1v) is 6.24. The van der Waals surface area contributed by atoms with Crippen molar-refractivity contribution in [1.29, 1.82) is 0 Å². The summed E-state index contributed by atoms with van der Waals surface area (Å²) in [5, 5.41) is 5.44. The van der Waals surface area contributed by atoms with Crippen molar-refractivity contribution in [2.75, 3.05) is 18.8 Å². The Balaban J connectivity index is 0.00000361. The number of carbonyl (C=O) groups is 2. The van der Waals surface area contributed by atoms with E-state index < -0.39 is 0 Å². The SMILES string of the molecule is CC(C)C(=O)NCCNC(=O)Cc1ccc(N)cn1.Cl. The number of halogens is 1. The van der Waals surface area contributed by atoms with E-state index in [9.17, 15) is 9.59 Å². The van der Waals surface area contributed by atoms with Crippen LogP contribution in [0.3, 0.4) is 0 Å². The number of anilines is 1. The first kappa shape index (κ1) is 18.2. The van der Waals surface area contributed by atoms with Crippen LogP contribution in [0.4, 0.5) is 5.69 Å². The van der Waals surface area contributed by atoms with Crippen LogP contribution in [-0.4, -0.2) is 29.9 Å². The molecule has 0 aromatic carbocycles. The maximum Gasteiger partial charge on any atom is 0.226 e. The largest absolute Gasteiger partial charge is 0.397 e. The summed E-state index contributed by atoms with van der Waals surface area (Å²) in [6, 6.07) is 3.42. The van der Waals surface area contributed by atoms with E-state index in [2.05, 4.69) is 15.6 Å². The minimum atomic E-state index is -0.129. The van der Waals surface area contributed by atoms with Crippen molar-refractivity contribution in [3.05, 3.63) is 24.0 Å². The van der Waals surface area contributed by atoms with Gasteiger partial charge in [-0.3, -0.25) is 14.6 Å². The third kappa shape index (κ3) is 6.94. The molecule has 1 rings (SSSR count). The summed E-state index contributed by atoms with van der Waals surface area (Å²) in [6.07, 6.45) is 1.73. The third-order valence-corrected chi connectivity index (χ3v) is 2.46. The Bertz CT molecular complexity index is 435. The fourth-order valence-electron chi connectivity index (χ4n) is 1.36. The fraction of sp³-hybridized carbons (Fsp3) is 0.462. The number of carbonyl (C=O) groups excluding carboxylic acids is 2. The van der Waals surface area contributed by atoms with Gasteiger partial charge in [-0.2, -0.15) is 0 Å². The molecule has 0 atom stereocenters. The van der Waals surface area contributed by atoms with E-state index in [1.165, 1.54) is 6.20 Å². The minimum Gasteiger partial charge on any atom is -0.397 e. The number of pyridine rings is 1. The number of amides is 2. The van der Waals surface area contributed by atoms with Crippen LogP contribution in [0.15, 0.2) is 18.3 Å². The van der Waals surface area contributed by atoms with Gasteiger partial charge in [-0.25, -0.2) is 0 Å². The highest BCUT2D eigenvalue weighted by molar-refractivity contribution is 5.85. The lowest BCUT2D eigenvalue weighted by Gasteiger charge is -2.08. The van der Waals surface area contributed by atoms with Gasteiger partial charge in [0.1, 0.15) is 0 Å². The number of nitrogen functional groups attached to an aromatic ring is 1. The van der Waals surface area contributed by atoms with Crippen molar-refractivity contribution in [1.82, 2.24) is 15.6 Å². The summed E-state index contributed by atoms with van der Waals surface area (Å²) in [5.74, 6) is -0.194. The molecule has 20 heavy (non-hydrogen) atoms. The van der Waals surface area contributed by atoms with Crippen molar-refractivity contribution < 1.29 is 9.59 Å². The number of rotatable bonds is 6. The molecule has 0 aliphatic heterocycles.